The van der Waals surface area contributed by atoms with Crippen molar-refractivity contribution in [2.24, 2.45) is 0 Å². The first kappa shape index (κ1) is 36.6. The molecule has 47 heavy (non-hydrogen) atoms. The van der Waals surface area contributed by atoms with Gasteiger partial charge in [0.05, 0.1) is 11.0 Å². The molecule has 7 rings (SSSR count). The highest BCUT2D eigenvalue weighted by atomic mass is 127. The number of aldehydes is 1. The van der Waals surface area contributed by atoms with Crippen LogP contribution in [0.3, 0.4) is 0 Å². The van der Waals surface area contributed by atoms with Crippen LogP contribution in [0.5, 0.6) is 11.5 Å². The molecule has 0 aliphatic carbocycles. The van der Waals surface area contributed by atoms with Gasteiger partial charge in [0.1, 0.15) is 11.5 Å². The summed E-state index contributed by atoms with van der Waals surface area (Å²) in [4.78, 5) is 14.5. The second-order valence-corrected chi connectivity index (χ2v) is 18.0. The lowest BCUT2D eigenvalue weighted by Gasteiger charge is -2.45. The Labute approximate surface area is 301 Å². The van der Waals surface area contributed by atoms with E-state index in [-0.39, 0.29) is 16.6 Å². The number of ether oxygens (including phenoxy) is 1. The van der Waals surface area contributed by atoms with Crippen LogP contribution < -0.4 is 14.5 Å². The van der Waals surface area contributed by atoms with Crippen molar-refractivity contribution in [2.45, 2.75) is 44.2 Å². The van der Waals surface area contributed by atoms with Crippen molar-refractivity contribution in [1.82, 2.24) is 0 Å². The van der Waals surface area contributed by atoms with Crippen LogP contribution in [0.2, 0.25) is 0 Å². The van der Waals surface area contributed by atoms with Gasteiger partial charge in [0.2, 0.25) is 5.72 Å². The van der Waals surface area contributed by atoms with Crippen LogP contribution in [0.25, 0.3) is 6.08 Å². The van der Waals surface area contributed by atoms with Gasteiger partial charge in [0.25, 0.3) is 3.57 Å². The first-order valence-electron chi connectivity index (χ1n) is 15.3. The van der Waals surface area contributed by atoms with E-state index < -0.39 is 5.72 Å². The number of anilines is 2. The Balaban J connectivity index is 0.000000164. The third kappa shape index (κ3) is 7.30. The number of para-hydroxylation sites is 4. The van der Waals surface area contributed by atoms with Crippen LogP contribution >= 0.6 is 44.0 Å². The van der Waals surface area contributed by atoms with E-state index in [0.717, 1.165) is 11.3 Å². The maximum absolute atomic E-state index is 10.1. The van der Waals surface area contributed by atoms with E-state index in [9.17, 15) is 4.79 Å². The summed E-state index contributed by atoms with van der Waals surface area (Å²) in [5.74, 6) is 0.986. The summed E-state index contributed by atoms with van der Waals surface area (Å²) in [5, 5.41) is 8.88. The van der Waals surface area contributed by atoms with E-state index in [2.05, 4.69) is 169 Å². The van der Waals surface area contributed by atoms with Crippen molar-refractivity contribution < 1.29 is 14.6 Å². The Morgan fingerprint density at radius 2 is 1.40 bits per heavy atom. The maximum atomic E-state index is 10.1. The highest BCUT2D eigenvalue weighted by Crippen LogP contribution is 2.54. The molecule has 3 heterocycles. The molecule has 0 bridgehead atoms. The van der Waals surface area contributed by atoms with Gasteiger partial charge < -0.3 is 19.6 Å². The molecule has 9 heteroatoms. The highest BCUT2D eigenvalue weighted by molar-refractivity contribution is 14.1. The lowest BCUT2D eigenvalue weighted by Crippen LogP contribution is -2.58. The summed E-state index contributed by atoms with van der Waals surface area (Å²) < 4.78 is 6.94. The first-order chi connectivity index (χ1) is 22.2. The molecule has 0 amide bonds. The van der Waals surface area contributed by atoms with Crippen LogP contribution in [0, 0.1) is 0 Å². The number of fused-ring (bicyclic) bond motifs is 3. The van der Waals surface area contributed by atoms with Gasteiger partial charge in [0.15, 0.2) is 6.29 Å². The van der Waals surface area contributed by atoms with E-state index in [4.69, 9.17) is 9.84 Å². The SMILES string of the molecule is C=C1N(C)c2ccccc2C1(C)C.CN1c2ccccc2C(C)(C)C12C=Cc1ccccc1O2.O=Cc1ccccc1O.PB(S)I. The fourth-order valence-corrected chi connectivity index (χ4v) is 6.32. The first-order valence-corrected chi connectivity index (χ1v) is 17.8. The van der Waals surface area contributed by atoms with Crippen molar-refractivity contribution in [1.29, 1.82) is 0 Å². The summed E-state index contributed by atoms with van der Waals surface area (Å²) in [7, 11) is 6.70. The zero-order valence-electron chi connectivity index (χ0n) is 27.8. The van der Waals surface area contributed by atoms with Crippen LogP contribution in [-0.4, -0.2) is 34.8 Å². The number of hydrogen-bond donors (Lipinski definition) is 2. The number of thiol groups is 1. The molecule has 2 atom stereocenters. The molecule has 0 saturated heterocycles. The Kier molecular flexibility index (Phi) is 11.6. The lowest BCUT2D eigenvalue weighted by atomic mass is 9.76. The number of rotatable bonds is 1. The second kappa shape index (κ2) is 14.9. The average Bonchev–Trinajstić information content (AvgIpc) is 3.33. The molecule has 3 aliphatic heterocycles. The minimum absolute atomic E-state index is 0.0347. The standard InChI is InChI=1S/C19H19NO.C12H15N.C7H6O2.BH3IPS/c1-18(2)15-9-5-6-10-16(15)20(3)19(18)13-12-14-8-4-7-11-17(14)21-19;1-9-12(2,3)10-7-5-6-8-11(10)13(9)4;8-5-6-3-1-2-4-7(6)9;2-1(3)4/h4-13H,1-3H3;5-8H,1H2,2-4H3;1-5,9H;4H,3H2. The van der Waals surface area contributed by atoms with Gasteiger partial charge in [-0.05, 0) is 67.5 Å². The third-order valence-corrected chi connectivity index (χ3v) is 9.13. The Bertz CT molecular complexity index is 1780. The molecular weight excluding hydrogens is 733 g/mol. The highest BCUT2D eigenvalue weighted by Gasteiger charge is 2.57. The monoisotopic (exact) mass is 776 g/mol. The lowest BCUT2D eigenvalue weighted by molar-refractivity contribution is 0.0582. The number of likely N-dealkylation sites (N-methyl/N-ethyl adjacent to an activating group) is 2. The van der Waals surface area contributed by atoms with E-state index in [1.165, 1.54) is 34.3 Å². The quantitative estimate of drug-likeness (QED) is 0.0664. The van der Waals surface area contributed by atoms with Crippen LogP contribution in [-0.2, 0) is 10.8 Å². The van der Waals surface area contributed by atoms with E-state index in [1.807, 2.05) is 18.2 Å². The van der Waals surface area contributed by atoms with Gasteiger partial charge in [-0.3, -0.25) is 4.79 Å². The Hall–Kier alpha value is -3.20. The fourth-order valence-electron chi connectivity index (χ4n) is 6.32. The summed E-state index contributed by atoms with van der Waals surface area (Å²) in [6.07, 6.45) is 5.01. The molecular formula is C38H43BIN2O3PS. The number of carbonyl (C=O) groups excluding carboxylic acids is 1. The molecule has 0 aromatic heterocycles. The Morgan fingerprint density at radius 3 is 1.98 bits per heavy atom. The van der Waals surface area contributed by atoms with Crippen molar-refractivity contribution in [3.05, 3.63) is 138 Å². The second-order valence-electron chi connectivity index (χ2n) is 12.6. The van der Waals surface area contributed by atoms with Crippen molar-refractivity contribution >= 4 is 71.3 Å². The van der Waals surface area contributed by atoms with Crippen molar-refractivity contribution in [3.63, 3.8) is 0 Å². The number of halogens is 1. The number of aromatic hydroxyl groups is 1. The zero-order valence-corrected chi connectivity index (χ0v) is 32.0. The van der Waals surface area contributed by atoms with Gasteiger partial charge >= 0.3 is 0 Å². The van der Waals surface area contributed by atoms with Crippen LogP contribution in [0.4, 0.5) is 11.4 Å². The van der Waals surface area contributed by atoms with Crippen molar-refractivity contribution in [2.75, 3.05) is 23.9 Å². The summed E-state index contributed by atoms with van der Waals surface area (Å²) in [6, 6.07) is 31.7. The Morgan fingerprint density at radius 1 is 0.872 bits per heavy atom. The fraction of sp³-hybridized carbons (Fsp3) is 0.237. The topological polar surface area (TPSA) is 53.0 Å². The number of phenols is 1. The summed E-state index contributed by atoms with van der Waals surface area (Å²) in [5.41, 5.74) is 7.39. The van der Waals surface area contributed by atoms with Crippen molar-refractivity contribution in [3.8, 4) is 11.5 Å². The normalized spacial score (nSPS) is 18.5. The number of benzene rings is 4. The van der Waals surface area contributed by atoms with E-state index in [0.29, 0.717) is 15.4 Å². The van der Waals surface area contributed by atoms with Gasteiger partial charge in [-0.1, -0.05) is 87.2 Å². The van der Waals surface area contributed by atoms with Crippen LogP contribution in [0.15, 0.2) is 115 Å². The average molecular weight is 777 g/mol. The predicted octanol–water partition coefficient (Wildman–Crippen LogP) is 9.56. The molecule has 4 aromatic carbocycles. The number of phenolic OH excluding ortho intramolecular Hbond substituents is 1. The minimum atomic E-state index is -0.467. The number of nitrogens with zero attached hydrogens (tertiary/aromatic N) is 2. The molecule has 3 aliphatic rings. The molecule has 1 spiro atoms. The summed E-state index contributed by atoms with van der Waals surface area (Å²) >= 11 is 6.09. The molecule has 4 aromatic rings. The number of allylic oxidation sites excluding steroid dienone is 1. The minimum Gasteiger partial charge on any atom is -0.507 e. The molecule has 1 N–H and O–H groups in total. The summed E-state index contributed by atoms with van der Waals surface area (Å²) in [6.45, 7) is 13.1. The largest absolute Gasteiger partial charge is 0.507 e. The van der Waals surface area contributed by atoms with Gasteiger partial charge in [-0.2, -0.15) is 0 Å². The number of hydrogen-bond acceptors (Lipinski definition) is 6. The van der Waals surface area contributed by atoms with Crippen LogP contribution in [0.1, 0.15) is 54.7 Å². The molecule has 244 valence electrons. The molecule has 0 radical (unpaired) electrons. The molecule has 0 fully saturated rings. The zero-order chi connectivity index (χ0) is 34.6. The maximum Gasteiger partial charge on any atom is 0.299 e. The molecule has 5 nitrogen and oxygen atoms in total. The third-order valence-electron chi connectivity index (χ3n) is 9.13. The smallest absolute Gasteiger partial charge is 0.299 e. The van der Waals surface area contributed by atoms with E-state index in [1.54, 1.807) is 18.2 Å². The van der Waals surface area contributed by atoms with E-state index >= 15 is 0 Å². The molecule has 0 saturated carbocycles. The molecule has 2 unspecified atom stereocenters. The van der Waals surface area contributed by atoms with Gasteiger partial charge in [-0.25, -0.2) is 12.5 Å². The van der Waals surface area contributed by atoms with Gasteiger partial charge in [0, 0.05) is 42.1 Å². The number of carbonyl (C=O) groups is 1. The van der Waals surface area contributed by atoms with Gasteiger partial charge in [-0.15, -0.1) is 31.5 Å². The predicted molar refractivity (Wildman–Crippen MR) is 216 cm³/mol.